The lowest BCUT2D eigenvalue weighted by Crippen LogP contribution is -2.48. The Bertz CT molecular complexity index is 427. The highest BCUT2D eigenvalue weighted by molar-refractivity contribution is 5.92. The van der Waals surface area contributed by atoms with Crippen LogP contribution in [0.4, 0.5) is 0 Å². The van der Waals surface area contributed by atoms with Crippen LogP contribution >= 0.6 is 0 Å². The Kier molecular flexibility index (Phi) is 4.30. The molecule has 0 bridgehead atoms. The van der Waals surface area contributed by atoms with E-state index in [0.29, 0.717) is 12.0 Å². The summed E-state index contributed by atoms with van der Waals surface area (Å²) in [5.74, 6) is 0.0539. The highest BCUT2D eigenvalue weighted by Crippen LogP contribution is 2.44. The van der Waals surface area contributed by atoms with Crippen molar-refractivity contribution in [2.45, 2.75) is 39.7 Å². The third kappa shape index (κ3) is 2.79. The minimum absolute atomic E-state index is 0.0225. The number of carbonyl (C=O) groups is 1. The predicted octanol–water partition coefficient (Wildman–Crippen LogP) is 2.16. The average Bonchev–Trinajstić information content (AvgIpc) is 2.23. The van der Waals surface area contributed by atoms with Gasteiger partial charge in [-0.2, -0.15) is 0 Å². The molecule has 1 aliphatic rings. The van der Waals surface area contributed by atoms with Crippen molar-refractivity contribution in [1.29, 1.82) is 0 Å². The van der Waals surface area contributed by atoms with Crippen LogP contribution in [0, 0.1) is 5.41 Å². The van der Waals surface area contributed by atoms with E-state index in [0.717, 1.165) is 5.57 Å². The fourth-order valence-corrected chi connectivity index (χ4v) is 2.33. The van der Waals surface area contributed by atoms with Gasteiger partial charge in [-0.15, -0.1) is 0 Å². The van der Waals surface area contributed by atoms with Crippen LogP contribution in [0.1, 0.15) is 34.1 Å². The van der Waals surface area contributed by atoms with E-state index in [4.69, 9.17) is 5.11 Å². The van der Waals surface area contributed by atoms with Gasteiger partial charge in [0.2, 0.25) is 0 Å². The monoisotopic (exact) mass is 250 g/mol. The van der Waals surface area contributed by atoms with Gasteiger partial charge in [0.1, 0.15) is 5.60 Å². The van der Waals surface area contributed by atoms with Gasteiger partial charge in [0.15, 0.2) is 5.78 Å². The van der Waals surface area contributed by atoms with Crippen molar-refractivity contribution < 1.29 is 15.0 Å². The molecule has 3 nitrogen and oxygen atoms in total. The highest BCUT2D eigenvalue weighted by atomic mass is 16.3. The quantitative estimate of drug-likeness (QED) is 0.755. The molecule has 0 aromatic rings. The van der Waals surface area contributed by atoms with Crippen molar-refractivity contribution in [3.05, 3.63) is 35.5 Å². The Morgan fingerprint density at radius 1 is 1.50 bits per heavy atom. The molecule has 0 aliphatic heterocycles. The lowest BCUT2D eigenvalue weighted by Gasteiger charge is -2.44. The third-order valence-corrected chi connectivity index (χ3v) is 3.63. The van der Waals surface area contributed by atoms with Crippen molar-refractivity contribution in [1.82, 2.24) is 0 Å². The maximum Gasteiger partial charge on any atom is 0.156 e. The van der Waals surface area contributed by atoms with Gasteiger partial charge in [-0.05, 0) is 31.6 Å². The molecule has 0 radical (unpaired) electrons. The summed E-state index contributed by atoms with van der Waals surface area (Å²) >= 11 is 0. The molecule has 1 aliphatic carbocycles. The summed E-state index contributed by atoms with van der Waals surface area (Å²) in [4.78, 5) is 11.6. The largest absolute Gasteiger partial charge is 0.392 e. The fourth-order valence-electron chi connectivity index (χ4n) is 2.33. The minimum Gasteiger partial charge on any atom is -0.392 e. The summed E-state index contributed by atoms with van der Waals surface area (Å²) in [6.07, 6.45) is 7.01. The van der Waals surface area contributed by atoms with Crippen molar-refractivity contribution in [3.8, 4) is 0 Å². The third-order valence-electron chi connectivity index (χ3n) is 3.63. The van der Waals surface area contributed by atoms with Crippen LogP contribution in [0.5, 0.6) is 0 Å². The molecule has 0 fully saturated rings. The van der Waals surface area contributed by atoms with Crippen LogP contribution in [-0.2, 0) is 4.79 Å². The highest BCUT2D eigenvalue weighted by Gasteiger charge is 2.46. The van der Waals surface area contributed by atoms with Crippen LogP contribution in [0.2, 0.25) is 0 Å². The molecule has 0 saturated carbocycles. The second kappa shape index (κ2) is 5.21. The first-order valence-corrected chi connectivity index (χ1v) is 6.14. The van der Waals surface area contributed by atoms with Crippen molar-refractivity contribution >= 4 is 5.78 Å². The SMILES string of the molecule is CC(C=C[C@@]1(O)C(C)=CC(=O)CC1(C)C)=CCO. The Morgan fingerprint density at radius 3 is 2.61 bits per heavy atom. The molecule has 1 atom stereocenters. The molecular weight excluding hydrogens is 228 g/mol. The van der Waals surface area contributed by atoms with E-state index in [-0.39, 0.29) is 12.4 Å². The van der Waals surface area contributed by atoms with Crippen molar-refractivity contribution in [2.24, 2.45) is 5.41 Å². The number of hydrogen-bond donors (Lipinski definition) is 2. The van der Waals surface area contributed by atoms with Crippen LogP contribution in [0.25, 0.3) is 0 Å². The molecule has 0 aromatic carbocycles. The summed E-state index contributed by atoms with van der Waals surface area (Å²) in [6.45, 7) is 7.38. The van der Waals surface area contributed by atoms with Gasteiger partial charge < -0.3 is 10.2 Å². The normalized spacial score (nSPS) is 28.7. The molecule has 0 spiro atoms. The Balaban J connectivity index is 3.13. The second-order valence-electron chi connectivity index (χ2n) is 5.58. The molecule has 100 valence electrons. The second-order valence-corrected chi connectivity index (χ2v) is 5.58. The van der Waals surface area contributed by atoms with Crippen molar-refractivity contribution in [2.75, 3.05) is 6.61 Å². The number of ketones is 1. The van der Waals surface area contributed by atoms with E-state index >= 15 is 0 Å². The van der Waals surface area contributed by atoms with Gasteiger partial charge >= 0.3 is 0 Å². The predicted molar refractivity (Wildman–Crippen MR) is 72.1 cm³/mol. The molecule has 0 amide bonds. The van der Waals surface area contributed by atoms with Crippen LogP contribution < -0.4 is 0 Å². The number of carbonyl (C=O) groups excluding carboxylic acids is 1. The van der Waals surface area contributed by atoms with Gasteiger partial charge in [-0.1, -0.05) is 31.6 Å². The summed E-state index contributed by atoms with van der Waals surface area (Å²) < 4.78 is 0. The van der Waals surface area contributed by atoms with E-state index in [1.54, 1.807) is 25.2 Å². The number of rotatable bonds is 3. The zero-order valence-corrected chi connectivity index (χ0v) is 11.5. The van der Waals surface area contributed by atoms with Crippen LogP contribution in [0.15, 0.2) is 35.5 Å². The van der Waals surface area contributed by atoms with Crippen LogP contribution in [0.3, 0.4) is 0 Å². The Labute approximate surface area is 109 Å². The number of allylic oxidation sites excluding steroid dienone is 3. The van der Waals surface area contributed by atoms with Gasteiger partial charge in [0.25, 0.3) is 0 Å². The topological polar surface area (TPSA) is 57.5 Å². The molecule has 0 saturated heterocycles. The first-order valence-electron chi connectivity index (χ1n) is 6.14. The van der Waals surface area contributed by atoms with Crippen LogP contribution in [-0.4, -0.2) is 28.2 Å². The van der Waals surface area contributed by atoms with Gasteiger partial charge in [0, 0.05) is 11.8 Å². The number of hydrogen-bond acceptors (Lipinski definition) is 3. The molecule has 0 heterocycles. The lowest BCUT2D eigenvalue weighted by atomic mass is 9.64. The Hall–Kier alpha value is -1.19. The smallest absolute Gasteiger partial charge is 0.156 e. The van der Waals surface area contributed by atoms with Gasteiger partial charge in [0.05, 0.1) is 6.61 Å². The van der Waals surface area contributed by atoms with E-state index in [2.05, 4.69) is 0 Å². The summed E-state index contributed by atoms with van der Waals surface area (Å²) in [6, 6.07) is 0. The fraction of sp³-hybridized carbons (Fsp3) is 0.533. The minimum atomic E-state index is -1.12. The summed E-state index contributed by atoms with van der Waals surface area (Å²) in [7, 11) is 0. The molecule has 0 aromatic heterocycles. The molecule has 18 heavy (non-hydrogen) atoms. The summed E-state index contributed by atoms with van der Waals surface area (Å²) in [5.41, 5.74) is -0.104. The zero-order valence-electron chi connectivity index (χ0n) is 11.5. The van der Waals surface area contributed by atoms with E-state index < -0.39 is 11.0 Å². The summed E-state index contributed by atoms with van der Waals surface area (Å²) in [5, 5.41) is 19.6. The number of aliphatic hydroxyl groups is 2. The number of aliphatic hydroxyl groups excluding tert-OH is 1. The molecule has 1 rings (SSSR count). The molecular formula is C15H22O3. The Morgan fingerprint density at radius 2 is 2.11 bits per heavy atom. The van der Waals surface area contributed by atoms with Gasteiger partial charge in [-0.25, -0.2) is 0 Å². The lowest BCUT2D eigenvalue weighted by molar-refractivity contribution is -0.121. The first kappa shape index (κ1) is 14.9. The maximum atomic E-state index is 11.6. The standard InChI is InChI=1S/C15H22O3/c1-11(6-8-16)5-7-15(18)12(2)9-13(17)10-14(15,3)4/h5-7,9,16,18H,8,10H2,1-4H3/t15-/m1/s1. The van der Waals surface area contributed by atoms with Crippen molar-refractivity contribution in [3.63, 3.8) is 0 Å². The first-order chi connectivity index (χ1) is 8.23. The molecule has 3 heteroatoms. The van der Waals surface area contributed by atoms with E-state index in [9.17, 15) is 9.90 Å². The molecule has 2 N–H and O–H groups in total. The zero-order chi connectivity index (χ0) is 14.0. The van der Waals surface area contributed by atoms with Gasteiger partial charge in [-0.3, -0.25) is 4.79 Å². The van der Waals surface area contributed by atoms with E-state index in [1.807, 2.05) is 20.8 Å². The van der Waals surface area contributed by atoms with E-state index in [1.165, 1.54) is 6.08 Å². The maximum absolute atomic E-state index is 11.6. The molecule has 0 unspecified atom stereocenters. The average molecular weight is 250 g/mol.